The molecule has 0 heterocycles. The summed E-state index contributed by atoms with van der Waals surface area (Å²) in [5.74, 6) is 0.209. The Labute approximate surface area is 154 Å². The van der Waals surface area contributed by atoms with Gasteiger partial charge < -0.3 is 9.64 Å². The number of halogens is 1. The minimum Gasteiger partial charge on any atom is -0.497 e. The van der Waals surface area contributed by atoms with Crippen molar-refractivity contribution in [3.63, 3.8) is 0 Å². The van der Waals surface area contributed by atoms with E-state index in [4.69, 9.17) is 4.74 Å². The number of nitrogens with zero attached hydrogens (tertiary/aromatic N) is 1. The Kier molecular flexibility index (Phi) is 7.14. The van der Waals surface area contributed by atoms with Crippen molar-refractivity contribution in [3.05, 3.63) is 65.5 Å². The van der Waals surface area contributed by atoms with Crippen molar-refractivity contribution in [2.24, 2.45) is 0 Å². The van der Waals surface area contributed by atoms with E-state index in [0.717, 1.165) is 11.3 Å². The fraction of sp³-hybridized carbons (Fsp3) is 0.368. The molecular formula is C19H25FN2O3S. The van der Waals surface area contributed by atoms with E-state index in [0.29, 0.717) is 5.56 Å². The molecule has 0 saturated heterocycles. The van der Waals surface area contributed by atoms with Crippen LogP contribution in [0.3, 0.4) is 0 Å². The van der Waals surface area contributed by atoms with Crippen LogP contribution >= 0.6 is 0 Å². The van der Waals surface area contributed by atoms with Crippen LogP contribution in [0.4, 0.5) is 4.39 Å². The molecule has 0 radical (unpaired) electrons. The zero-order valence-electron chi connectivity index (χ0n) is 15.3. The highest BCUT2D eigenvalue weighted by Gasteiger charge is 2.18. The largest absolute Gasteiger partial charge is 0.497 e. The van der Waals surface area contributed by atoms with Crippen LogP contribution < -0.4 is 9.46 Å². The molecule has 0 aromatic heterocycles. The Morgan fingerprint density at radius 3 is 2.35 bits per heavy atom. The van der Waals surface area contributed by atoms with Gasteiger partial charge in [-0.15, -0.1) is 0 Å². The Morgan fingerprint density at radius 1 is 1.12 bits per heavy atom. The number of likely N-dealkylation sites (N-methyl/N-ethyl adjacent to an activating group) is 1. The quantitative estimate of drug-likeness (QED) is 0.727. The Balaban J connectivity index is 1.99. The number of nitrogens with one attached hydrogen (secondary N) is 1. The normalized spacial score (nSPS) is 13.0. The third kappa shape index (κ3) is 5.79. The van der Waals surface area contributed by atoms with Crippen molar-refractivity contribution in [2.45, 2.75) is 12.5 Å². The zero-order chi connectivity index (χ0) is 19.2. The van der Waals surface area contributed by atoms with Crippen molar-refractivity contribution in [1.29, 1.82) is 0 Å². The highest BCUT2D eigenvalue weighted by molar-refractivity contribution is 7.89. The lowest BCUT2D eigenvalue weighted by molar-refractivity contribution is 0.299. The molecule has 5 nitrogen and oxygen atoms in total. The monoisotopic (exact) mass is 380 g/mol. The number of sulfonamides is 1. The van der Waals surface area contributed by atoms with Gasteiger partial charge in [-0.3, -0.25) is 0 Å². The van der Waals surface area contributed by atoms with Crippen molar-refractivity contribution < 1.29 is 17.5 Å². The van der Waals surface area contributed by atoms with Crippen LogP contribution in [0.15, 0.2) is 48.5 Å². The van der Waals surface area contributed by atoms with Crippen molar-refractivity contribution in [2.75, 3.05) is 33.5 Å². The van der Waals surface area contributed by atoms with Gasteiger partial charge in [-0.2, -0.15) is 0 Å². The first-order valence-electron chi connectivity index (χ1n) is 8.33. The van der Waals surface area contributed by atoms with Gasteiger partial charge in [0.05, 0.1) is 12.9 Å². The summed E-state index contributed by atoms with van der Waals surface area (Å²) >= 11 is 0. The maximum Gasteiger partial charge on any atom is 0.211 e. The summed E-state index contributed by atoms with van der Waals surface area (Å²) in [7, 11) is 1.87. The summed E-state index contributed by atoms with van der Waals surface area (Å²) in [6, 6.07) is 13.6. The molecule has 26 heavy (non-hydrogen) atoms. The van der Waals surface area contributed by atoms with E-state index in [1.54, 1.807) is 25.3 Å². The molecule has 0 saturated carbocycles. The van der Waals surface area contributed by atoms with Gasteiger partial charge in [0.2, 0.25) is 10.0 Å². The average molecular weight is 380 g/mol. The second-order valence-corrected chi connectivity index (χ2v) is 8.19. The number of benzene rings is 2. The van der Waals surface area contributed by atoms with Crippen molar-refractivity contribution in [1.82, 2.24) is 9.62 Å². The summed E-state index contributed by atoms with van der Waals surface area (Å²) in [6.07, 6.45) is 0.136. The highest BCUT2D eigenvalue weighted by atomic mass is 32.2. The topological polar surface area (TPSA) is 58.6 Å². The number of hydrogen-bond donors (Lipinski definition) is 1. The van der Waals surface area contributed by atoms with E-state index in [-0.39, 0.29) is 30.6 Å². The van der Waals surface area contributed by atoms with Crippen LogP contribution in [0, 0.1) is 5.82 Å². The Morgan fingerprint density at radius 2 is 1.77 bits per heavy atom. The van der Waals surface area contributed by atoms with Crippen LogP contribution in [0.2, 0.25) is 0 Å². The standard InChI is InChI=1S/C19H25FN2O3S/c1-22(2)19(16-8-10-17(25-3)11-9-16)14-21-26(23,24)13-12-15-6-4-5-7-18(15)20/h4-11,19,21H,12-14H2,1-3H3. The second kappa shape index (κ2) is 9.12. The van der Waals surface area contributed by atoms with E-state index in [2.05, 4.69) is 4.72 Å². The van der Waals surface area contributed by atoms with E-state index in [9.17, 15) is 12.8 Å². The molecule has 142 valence electrons. The van der Waals surface area contributed by atoms with Crippen LogP contribution in [-0.4, -0.2) is 46.8 Å². The first kappa shape index (κ1) is 20.4. The van der Waals surface area contributed by atoms with Gasteiger partial charge in [-0.1, -0.05) is 30.3 Å². The number of rotatable bonds is 9. The molecule has 2 aromatic carbocycles. The summed E-state index contributed by atoms with van der Waals surface area (Å²) in [5, 5.41) is 0. The molecular weight excluding hydrogens is 355 g/mol. The van der Waals surface area contributed by atoms with E-state index in [1.165, 1.54) is 6.07 Å². The first-order chi connectivity index (χ1) is 12.3. The first-order valence-corrected chi connectivity index (χ1v) is 9.99. The molecule has 0 aliphatic carbocycles. The number of hydrogen-bond acceptors (Lipinski definition) is 4. The lowest BCUT2D eigenvalue weighted by atomic mass is 10.1. The molecule has 0 amide bonds. The van der Waals surface area contributed by atoms with E-state index < -0.39 is 10.0 Å². The molecule has 0 spiro atoms. The fourth-order valence-electron chi connectivity index (χ4n) is 2.65. The third-order valence-corrected chi connectivity index (χ3v) is 5.57. The van der Waals surface area contributed by atoms with Gasteiger partial charge in [-0.25, -0.2) is 17.5 Å². The van der Waals surface area contributed by atoms with Gasteiger partial charge >= 0.3 is 0 Å². The number of methoxy groups -OCH3 is 1. The molecule has 0 aliphatic heterocycles. The zero-order valence-corrected chi connectivity index (χ0v) is 16.1. The summed E-state index contributed by atoms with van der Waals surface area (Å²) in [5.41, 5.74) is 1.38. The second-order valence-electron chi connectivity index (χ2n) is 6.26. The predicted molar refractivity (Wildman–Crippen MR) is 101 cm³/mol. The summed E-state index contributed by atoms with van der Waals surface area (Å²) in [6.45, 7) is 0.235. The van der Waals surface area contributed by atoms with Gasteiger partial charge in [0.1, 0.15) is 11.6 Å². The molecule has 2 rings (SSSR count). The summed E-state index contributed by atoms with van der Waals surface area (Å²) < 4.78 is 46.0. The van der Waals surface area contributed by atoms with Gasteiger partial charge in [0.15, 0.2) is 0 Å². The molecule has 0 bridgehead atoms. The van der Waals surface area contributed by atoms with Crippen molar-refractivity contribution in [3.8, 4) is 5.75 Å². The highest BCUT2D eigenvalue weighted by Crippen LogP contribution is 2.21. The third-order valence-electron chi connectivity index (χ3n) is 4.22. The molecule has 1 unspecified atom stereocenters. The molecule has 2 aromatic rings. The molecule has 7 heteroatoms. The van der Waals surface area contributed by atoms with Crippen LogP contribution in [0.1, 0.15) is 17.2 Å². The van der Waals surface area contributed by atoms with Gasteiger partial charge in [-0.05, 0) is 49.8 Å². The Bertz CT molecular complexity index is 808. The Hall–Kier alpha value is -1.96. The molecule has 1 atom stereocenters. The van der Waals surface area contributed by atoms with Gasteiger partial charge in [0, 0.05) is 12.6 Å². The van der Waals surface area contributed by atoms with Gasteiger partial charge in [0.25, 0.3) is 0 Å². The van der Waals surface area contributed by atoms with E-state index >= 15 is 0 Å². The van der Waals surface area contributed by atoms with E-state index in [1.807, 2.05) is 43.3 Å². The minimum atomic E-state index is -3.51. The molecule has 0 fully saturated rings. The maximum atomic E-state index is 13.6. The predicted octanol–water partition coefficient (Wildman–Crippen LogP) is 2.60. The molecule has 0 aliphatic rings. The number of ether oxygens (including phenoxy) is 1. The average Bonchev–Trinajstić information content (AvgIpc) is 2.61. The molecule has 1 N–H and O–H groups in total. The van der Waals surface area contributed by atoms with Crippen LogP contribution in [-0.2, 0) is 16.4 Å². The number of aryl methyl sites for hydroxylation is 1. The van der Waals surface area contributed by atoms with Crippen LogP contribution in [0.5, 0.6) is 5.75 Å². The SMILES string of the molecule is COc1ccc(C(CNS(=O)(=O)CCc2ccccc2F)N(C)C)cc1. The smallest absolute Gasteiger partial charge is 0.211 e. The maximum absolute atomic E-state index is 13.6. The lowest BCUT2D eigenvalue weighted by Gasteiger charge is -2.25. The lowest BCUT2D eigenvalue weighted by Crippen LogP contribution is -2.36. The van der Waals surface area contributed by atoms with Crippen LogP contribution in [0.25, 0.3) is 0 Å². The summed E-state index contributed by atoms with van der Waals surface area (Å²) in [4.78, 5) is 1.95. The minimum absolute atomic E-state index is 0.121. The van der Waals surface area contributed by atoms with Crippen molar-refractivity contribution >= 4 is 10.0 Å². The fourth-order valence-corrected chi connectivity index (χ4v) is 3.69.